The maximum absolute atomic E-state index is 12.6. The lowest BCUT2D eigenvalue weighted by atomic mass is 10.2. The molecule has 0 bridgehead atoms. The number of nitrogens with two attached hydrogens (primary N) is 1. The van der Waals surface area contributed by atoms with Crippen molar-refractivity contribution in [1.29, 1.82) is 0 Å². The highest BCUT2D eigenvalue weighted by Crippen LogP contribution is 2.24. The summed E-state index contributed by atoms with van der Waals surface area (Å²) < 4.78 is 31.9. The van der Waals surface area contributed by atoms with Gasteiger partial charge in [0.15, 0.2) is 5.11 Å². The maximum atomic E-state index is 12.6. The minimum atomic E-state index is -3.52. The average molecular weight is 315 g/mol. The van der Waals surface area contributed by atoms with E-state index in [1.165, 1.54) is 4.31 Å². The van der Waals surface area contributed by atoms with Gasteiger partial charge in [0.05, 0.1) is 18.1 Å². The molecule has 0 saturated carbocycles. The summed E-state index contributed by atoms with van der Waals surface area (Å²) in [6.07, 6.45) is 0. The van der Waals surface area contributed by atoms with Crippen molar-refractivity contribution in [2.75, 3.05) is 31.6 Å². The Morgan fingerprint density at radius 1 is 1.40 bits per heavy atom. The molecule has 0 spiro atoms. The van der Waals surface area contributed by atoms with Crippen LogP contribution in [-0.4, -0.2) is 44.1 Å². The fourth-order valence-corrected chi connectivity index (χ4v) is 3.80. The molecule has 1 aliphatic rings. The lowest BCUT2D eigenvalue weighted by Gasteiger charge is -2.26. The fraction of sp³-hybridized carbons (Fsp3) is 0.417. The van der Waals surface area contributed by atoms with Crippen LogP contribution in [0.4, 0.5) is 5.69 Å². The van der Waals surface area contributed by atoms with Crippen molar-refractivity contribution in [1.82, 2.24) is 4.31 Å². The minimum Gasteiger partial charge on any atom is -0.379 e. The molecule has 0 aromatic heterocycles. The lowest BCUT2D eigenvalue weighted by molar-refractivity contribution is 0.0730. The molecule has 6 nitrogen and oxygen atoms in total. The number of anilines is 1. The molecule has 1 aromatic rings. The highest BCUT2D eigenvalue weighted by Gasteiger charge is 2.27. The Labute approximate surface area is 123 Å². The van der Waals surface area contributed by atoms with Crippen LogP contribution in [0, 0.1) is 6.92 Å². The van der Waals surface area contributed by atoms with Crippen molar-refractivity contribution >= 4 is 33.0 Å². The number of benzene rings is 1. The molecular weight excluding hydrogens is 298 g/mol. The number of hydrogen-bond donors (Lipinski definition) is 2. The van der Waals surface area contributed by atoms with Crippen LogP contribution in [0.15, 0.2) is 23.1 Å². The van der Waals surface area contributed by atoms with E-state index >= 15 is 0 Å². The zero-order chi connectivity index (χ0) is 14.8. The van der Waals surface area contributed by atoms with E-state index in [9.17, 15) is 8.42 Å². The molecule has 20 heavy (non-hydrogen) atoms. The molecule has 1 heterocycles. The molecule has 8 heteroatoms. The quantitative estimate of drug-likeness (QED) is 0.798. The number of nitrogens with zero attached hydrogens (tertiary/aromatic N) is 1. The monoisotopic (exact) mass is 315 g/mol. The van der Waals surface area contributed by atoms with Crippen molar-refractivity contribution in [3.63, 3.8) is 0 Å². The van der Waals surface area contributed by atoms with E-state index in [-0.39, 0.29) is 10.0 Å². The van der Waals surface area contributed by atoms with Crippen molar-refractivity contribution in [2.24, 2.45) is 5.73 Å². The first-order chi connectivity index (χ1) is 9.41. The van der Waals surface area contributed by atoms with E-state index in [1.807, 2.05) is 0 Å². The second kappa shape index (κ2) is 6.04. The van der Waals surface area contributed by atoms with Gasteiger partial charge in [-0.15, -0.1) is 0 Å². The van der Waals surface area contributed by atoms with E-state index in [2.05, 4.69) is 5.32 Å². The van der Waals surface area contributed by atoms with E-state index < -0.39 is 10.0 Å². The molecule has 1 saturated heterocycles. The smallest absolute Gasteiger partial charge is 0.243 e. The highest BCUT2D eigenvalue weighted by molar-refractivity contribution is 7.89. The van der Waals surface area contributed by atoms with Gasteiger partial charge < -0.3 is 15.8 Å². The number of ether oxygens (including phenoxy) is 1. The molecular formula is C12H17N3O3S2. The van der Waals surface area contributed by atoms with E-state index in [0.717, 1.165) is 0 Å². The first kappa shape index (κ1) is 15.2. The Bertz CT molecular complexity index is 610. The van der Waals surface area contributed by atoms with Crippen molar-refractivity contribution in [2.45, 2.75) is 11.8 Å². The van der Waals surface area contributed by atoms with Crippen LogP contribution in [0.5, 0.6) is 0 Å². The molecule has 0 aliphatic carbocycles. The first-order valence-electron chi connectivity index (χ1n) is 6.16. The molecule has 3 N–H and O–H groups in total. The van der Waals surface area contributed by atoms with Gasteiger partial charge in [0, 0.05) is 18.8 Å². The van der Waals surface area contributed by atoms with Crippen molar-refractivity contribution < 1.29 is 13.2 Å². The molecule has 0 atom stereocenters. The van der Waals surface area contributed by atoms with Gasteiger partial charge in [-0.05, 0) is 36.8 Å². The summed E-state index contributed by atoms with van der Waals surface area (Å²) in [7, 11) is -3.52. The molecule has 1 fully saturated rings. The van der Waals surface area contributed by atoms with Gasteiger partial charge in [-0.2, -0.15) is 4.31 Å². The SMILES string of the molecule is Cc1ccc(NC(N)=S)cc1S(=O)(=O)N1CCOCC1. The molecule has 1 aromatic carbocycles. The van der Waals surface area contributed by atoms with Gasteiger partial charge in [0.25, 0.3) is 0 Å². The van der Waals surface area contributed by atoms with E-state index in [0.29, 0.717) is 37.6 Å². The van der Waals surface area contributed by atoms with Gasteiger partial charge in [0.1, 0.15) is 0 Å². The van der Waals surface area contributed by atoms with Crippen LogP contribution in [0.3, 0.4) is 0 Å². The number of sulfonamides is 1. The van der Waals surface area contributed by atoms with Crippen LogP contribution in [0.1, 0.15) is 5.56 Å². The van der Waals surface area contributed by atoms with E-state index in [4.69, 9.17) is 22.7 Å². The predicted molar refractivity (Wildman–Crippen MR) is 81.2 cm³/mol. The summed E-state index contributed by atoms with van der Waals surface area (Å²) in [6.45, 7) is 3.34. The third-order valence-electron chi connectivity index (χ3n) is 3.04. The van der Waals surface area contributed by atoms with Gasteiger partial charge in [-0.25, -0.2) is 8.42 Å². The number of nitrogens with one attached hydrogen (secondary N) is 1. The Morgan fingerprint density at radius 2 is 2.05 bits per heavy atom. The van der Waals surface area contributed by atoms with Crippen LogP contribution < -0.4 is 11.1 Å². The van der Waals surface area contributed by atoms with Crippen LogP contribution in [0.25, 0.3) is 0 Å². The van der Waals surface area contributed by atoms with Crippen LogP contribution in [0.2, 0.25) is 0 Å². The molecule has 110 valence electrons. The van der Waals surface area contributed by atoms with Gasteiger partial charge in [-0.1, -0.05) is 6.07 Å². The zero-order valence-corrected chi connectivity index (χ0v) is 12.8. The number of rotatable bonds is 3. The topological polar surface area (TPSA) is 84.7 Å². The zero-order valence-electron chi connectivity index (χ0n) is 11.1. The number of thiocarbonyl (C=S) groups is 1. The molecule has 1 aliphatic heterocycles. The average Bonchev–Trinajstić information content (AvgIpc) is 2.41. The standard InChI is InChI=1S/C12H17N3O3S2/c1-9-2-3-10(14-12(13)19)8-11(9)20(16,17)15-4-6-18-7-5-15/h2-3,8H,4-7H2,1H3,(H3,13,14,19). The second-order valence-electron chi connectivity index (χ2n) is 4.49. The molecule has 0 unspecified atom stereocenters. The minimum absolute atomic E-state index is 0.101. The molecule has 0 radical (unpaired) electrons. The van der Waals surface area contributed by atoms with Gasteiger partial charge in [-0.3, -0.25) is 0 Å². The molecule has 2 rings (SSSR count). The summed E-state index contributed by atoms with van der Waals surface area (Å²) in [5.41, 5.74) is 6.66. The second-order valence-corrected chi connectivity index (χ2v) is 6.83. The Balaban J connectivity index is 2.36. The third kappa shape index (κ3) is 3.26. The summed E-state index contributed by atoms with van der Waals surface area (Å²) in [4.78, 5) is 0.264. The van der Waals surface area contributed by atoms with Crippen molar-refractivity contribution in [3.8, 4) is 0 Å². The number of aryl methyl sites for hydroxylation is 1. The maximum Gasteiger partial charge on any atom is 0.243 e. The van der Waals surface area contributed by atoms with Crippen LogP contribution >= 0.6 is 12.2 Å². The number of morpholine rings is 1. The Morgan fingerprint density at radius 3 is 2.65 bits per heavy atom. The third-order valence-corrected chi connectivity index (χ3v) is 5.19. The van der Waals surface area contributed by atoms with Gasteiger partial charge in [0.2, 0.25) is 10.0 Å². The fourth-order valence-electron chi connectivity index (χ4n) is 2.02. The summed E-state index contributed by atoms with van der Waals surface area (Å²) in [5.74, 6) is 0. The van der Waals surface area contributed by atoms with Crippen LogP contribution in [-0.2, 0) is 14.8 Å². The van der Waals surface area contributed by atoms with E-state index in [1.54, 1.807) is 25.1 Å². The normalized spacial score (nSPS) is 16.9. The largest absolute Gasteiger partial charge is 0.379 e. The summed E-state index contributed by atoms with van der Waals surface area (Å²) in [5, 5.41) is 2.85. The number of hydrogen-bond acceptors (Lipinski definition) is 4. The Hall–Kier alpha value is -1.22. The van der Waals surface area contributed by atoms with Gasteiger partial charge >= 0.3 is 0 Å². The summed E-state index contributed by atoms with van der Waals surface area (Å²) in [6, 6.07) is 5.03. The lowest BCUT2D eigenvalue weighted by Crippen LogP contribution is -2.40. The first-order valence-corrected chi connectivity index (χ1v) is 8.01. The summed E-state index contributed by atoms with van der Waals surface area (Å²) >= 11 is 4.76. The Kier molecular flexibility index (Phi) is 4.59. The highest BCUT2D eigenvalue weighted by atomic mass is 32.2. The van der Waals surface area contributed by atoms with Crippen molar-refractivity contribution in [3.05, 3.63) is 23.8 Å². The molecule has 0 amide bonds. The predicted octanol–water partition coefficient (Wildman–Crippen LogP) is 0.671.